The normalized spacial score (nSPS) is 10.3. The Kier molecular flexibility index (Phi) is 5.70. The topological polar surface area (TPSA) is 29.1 Å². The summed E-state index contributed by atoms with van der Waals surface area (Å²) in [6.45, 7) is 0.652. The molecule has 0 fully saturated rings. The van der Waals surface area contributed by atoms with Crippen molar-refractivity contribution in [2.24, 2.45) is 0 Å². The van der Waals surface area contributed by atoms with Crippen molar-refractivity contribution < 1.29 is 4.79 Å². The molecule has 3 aromatic carbocycles. The minimum absolute atomic E-state index is 0.0247. The fraction of sp³-hybridized carbons (Fsp3) is 0.0952. The summed E-state index contributed by atoms with van der Waals surface area (Å²) >= 11 is 1.74. The molecule has 0 saturated carbocycles. The lowest BCUT2D eigenvalue weighted by Gasteiger charge is -2.07. The third-order valence-electron chi connectivity index (χ3n) is 3.65. The van der Waals surface area contributed by atoms with Gasteiger partial charge in [0.2, 0.25) is 0 Å². The number of hydrogen-bond donors (Lipinski definition) is 1. The maximum absolute atomic E-state index is 12.2. The number of carbonyl (C=O) groups is 1. The van der Waals surface area contributed by atoms with Gasteiger partial charge in [0, 0.05) is 22.8 Å². The van der Waals surface area contributed by atoms with Crippen LogP contribution in [0.3, 0.4) is 0 Å². The number of amides is 1. The molecule has 0 aliphatic heterocycles. The summed E-state index contributed by atoms with van der Waals surface area (Å²) in [7, 11) is 0. The third-order valence-corrected chi connectivity index (χ3v) is 4.67. The molecule has 0 aliphatic carbocycles. The average molecular weight is 333 g/mol. The Hall–Kier alpha value is -2.52. The van der Waals surface area contributed by atoms with Crippen LogP contribution in [0.1, 0.15) is 10.4 Å². The Labute approximate surface area is 146 Å². The van der Waals surface area contributed by atoms with Crippen molar-refractivity contribution in [3.63, 3.8) is 0 Å². The minimum atomic E-state index is -0.0247. The SMILES string of the molecule is O=C(NCCSc1ccccc1)c1ccc(-c2ccccc2)cc1. The van der Waals surface area contributed by atoms with Crippen molar-refractivity contribution in [2.45, 2.75) is 4.90 Å². The number of thioether (sulfide) groups is 1. The molecule has 0 aliphatic rings. The van der Waals surface area contributed by atoms with Gasteiger partial charge in [-0.25, -0.2) is 0 Å². The second-order valence-electron chi connectivity index (χ2n) is 5.36. The van der Waals surface area contributed by atoms with Crippen LogP contribution in [-0.2, 0) is 0 Å². The van der Waals surface area contributed by atoms with E-state index in [2.05, 4.69) is 29.6 Å². The van der Waals surface area contributed by atoms with Gasteiger partial charge in [-0.3, -0.25) is 4.79 Å². The van der Waals surface area contributed by atoms with E-state index in [1.54, 1.807) is 11.8 Å². The molecule has 0 bridgehead atoms. The number of nitrogens with one attached hydrogen (secondary N) is 1. The van der Waals surface area contributed by atoms with Gasteiger partial charge in [0.05, 0.1) is 0 Å². The average Bonchev–Trinajstić information content (AvgIpc) is 2.67. The molecule has 0 radical (unpaired) electrons. The number of rotatable bonds is 6. The molecule has 1 amide bonds. The summed E-state index contributed by atoms with van der Waals surface area (Å²) < 4.78 is 0. The van der Waals surface area contributed by atoms with Gasteiger partial charge in [-0.15, -0.1) is 11.8 Å². The van der Waals surface area contributed by atoms with Crippen LogP contribution < -0.4 is 5.32 Å². The van der Waals surface area contributed by atoms with E-state index in [1.165, 1.54) is 4.90 Å². The second kappa shape index (κ2) is 8.37. The summed E-state index contributed by atoms with van der Waals surface area (Å²) in [6.07, 6.45) is 0. The van der Waals surface area contributed by atoms with Crippen molar-refractivity contribution in [3.8, 4) is 11.1 Å². The summed E-state index contributed by atoms with van der Waals surface area (Å²) in [4.78, 5) is 13.4. The van der Waals surface area contributed by atoms with E-state index in [-0.39, 0.29) is 5.91 Å². The van der Waals surface area contributed by atoms with E-state index in [0.29, 0.717) is 12.1 Å². The molecular weight excluding hydrogens is 314 g/mol. The lowest BCUT2D eigenvalue weighted by molar-refractivity contribution is 0.0956. The highest BCUT2D eigenvalue weighted by atomic mass is 32.2. The Morgan fingerprint density at radius 2 is 1.33 bits per heavy atom. The number of carbonyl (C=O) groups excluding carboxylic acids is 1. The van der Waals surface area contributed by atoms with Gasteiger partial charge < -0.3 is 5.32 Å². The van der Waals surface area contributed by atoms with Gasteiger partial charge in [-0.2, -0.15) is 0 Å². The Morgan fingerprint density at radius 3 is 2.00 bits per heavy atom. The molecule has 0 spiro atoms. The summed E-state index contributed by atoms with van der Waals surface area (Å²) in [5, 5.41) is 2.97. The Bertz CT molecular complexity index is 770. The molecule has 0 unspecified atom stereocenters. The second-order valence-corrected chi connectivity index (χ2v) is 6.53. The standard InChI is InChI=1S/C21H19NOS/c23-21(22-15-16-24-20-9-5-2-6-10-20)19-13-11-18(12-14-19)17-7-3-1-4-8-17/h1-14H,15-16H2,(H,22,23). The molecule has 0 heterocycles. The van der Waals surface area contributed by atoms with Crippen molar-refractivity contribution in [2.75, 3.05) is 12.3 Å². The molecule has 3 heteroatoms. The predicted molar refractivity (Wildman–Crippen MR) is 101 cm³/mol. The van der Waals surface area contributed by atoms with E-state index in [1.807, 2.05) is 60.7 Å². The first-order valence-electron chi connectivity index (χ1n) is 7.94. The van der Waals surface area contributed by atoms with Crippen molar-refractivity contribution in [1.29, 1.82) is 0 Å². The largest absolute Gasteiger partial charge is 0.351 e. The summed E-state index contributed by atoms with van der Waals surface area (Å²) in [5.41, 5.74) is 2.97. The molecule has 120 valence electrons. The van der Waals surface area contributed by atoms with Gasteiger partial charge in [0.25, 0.3) is 5.91 Å². The summed E-state index contributed by atoms with van der Waals surface area (Å²) in [5.74, 6) is 0.834. The van der Waals surface area contributed by atoms with Crippen LogP contribution in [0.15, 0.2) is 89.8 Å². The lowest BCUT2D eigenvalue weighted by atomic mass is 10.0. The molecule has 1 N–H and O–H groups in total. The molecule has 3 aromatic rings. The van der Waals surface area contributed by atoms with E-state index in [4.69, 9.17) is 0 Å². The smallest absolute Gasteiger partial charge is 0.251 e. The van der Waals surface area contributed by atoms with Crippen LogP contribution in [0, 0.1) is 0 Å². The highest BCUT2D eigenvalue weighted by molar-refractivity contribution is 7.99. The number of benzene rings is 3. The lowest BCUT2D eigenvalue weighted by Crippen LogP contribution is -2.25. The van der Waals surface area contributed by atoms with Crippen molar-refractivity contribution >= 4 is 17.7 Å². The highest BCUT2D eigenvalue weighted by Gasteiger charge is 2.05. The van der Waals surface area contributed by atoms with Gasteiger partial charge >= 0.3 is 0 Å². The molecule has 3 rings (SSSR count). The van der Waals surface area contributed by atoms with E-state index >= 15 is 0 Å². The van der Waals surface area contributed by atoms with E-state index < -0.39 is 0 Å². The monoisotopic (exact) mass is 333 g/mol. The third kappa shape index (κ3) is 4.49. The van der Waals surface area contributed by atoms with Gasteiger partial charge in [-0.1, -0.05) is 60.7 Å². The molecule has 0 saturated heterocycles. The molecular formula is C21H19NOS. The fourth-order valence-electron chi connectivity index (χ4n) is 2.40. The Balaban J connectivity index is 1.50. The van der Waals surface area contributed by atoms with E-state index in [9.17, 15) is 4.79 Å². The van der Waals surface area contributed by atoms with Crippen LogP contribution >= 0.6 is 11.8 Å². The first-order chi connectivity index (χ1) is 11.8. The van der Waals surface area contributed by atoms with Crippen LogP contribution in [0.4, 0.5) is 0 Å². The molecule has 2 nitrogen and oxygen atoms in total. The molecule has 0 aromatic heterocycles. The van der Waals surface area contributed by atoms with Crippen LogP contribution in [0.2, 0.25) is 0 Å². The first-order valence-corrected chi connectivity index (χ1v) is 8.93. The van der Waals surface area contributed by atoms with Crippen molar-refractivity contribution in [1.82, 2.24) is 5.32 Å². The zero-order chi connectivity index (χ0) is 16.6. The zero-order valence-corrected chi connectivity index (χ0v) is 14.1. The minimum Gasteiger partial charge on any atom is -0.351 e. The van der Waals surface area contributed by atoms with Gasteiger partial charge in [0.15, 0.2) is 0 Å². The van der Waals surface area contributed by atoms with Gasteiger partial charge in [0.1, 0.15) is 0 Å². The van der Waals surface area contributed by atoms with Crippen molar-refractivity contribution in [3.05, 3.63) is 90.5 Å². The van der Waals surface area contributed by atoms with Crippen LogP contribution in [0.5, 0.6) is 0 Å². The summed E-state index contributed by atoms with van der Waals surface area (Å²) in [6, 6.07) is 28.1. The maximum Gasteiger partial charge on any atom is 0.251 e. The zero-order valence-electron chi connectivity index (χ0n) is 13.3. The quantitative estimate of drug-likeness (QED) is 0.515. The van der Waals surface area contributed by atoms with E-state index in [0.717, 1.165) is 16.9 Å². The first kappa shape index (κ1) is 16.3. The number of hydrogen-bond acceptors (Lipinski definition) is 2. The maximum atomic E-state index is 12.2. The highest BCUT2D eigenvalue weighted by Crippen LogP contribution is 2.19. The fourth-order valence-corrected chi connectivity index (χ4v) is 3.19. The van der Waals surface area contributed by atoms with Crippen LogP contribution in [-0.4, -0.2) is 18.2 Å². The molecule has 24 heavy (non-hydrogen) atoms. The Morgan fingerprint density at radius 1 is 0.750 bits per heavy atom. The van der Waals surface area contributed by atoms with Gasteiger partial charge in [-0.05, 0) is 35.4 Å². The van der Waals surface area contributed by atoms with Crippen LogP contribution in [0.25, 0.3) is 11.1 Å². The molecule has 0 atom stereocenters. The predicted octanol–water partition coefficient (Wildman–Crippen LogP) is 4.88.